The molecule has 2 heterocycles. The quantitative estimate of drug-likeness (QED) is 0.550. The molecular weight excluding hydrogens is 410 g/mol. The maximum Gasteiger partial charge on any atom is 0.260 e. The minimum Gasteiger partial charge on any atom is -0.494 e. The summed E-state index contributed by atoms with van der Waals surface area (Å²) in [5.74, 6) is 0.723. The van der Waals surface area contributed by atoms with Crippen molar-refractivity contribution >= 4 is 32.6 Å². The van der Waals surface area contributed by atoms with Crippen LogP contribution in [0, 0.1) is 13.8 Å². The third-order valence-corrected chi connectivity index (χ3v) is 6.83. The maximum atomic E-state index is 13.5. The Bertz CT molecular complexity index is 1060. The molecule has 7 heteroatoms. The average molecular weight is 440 g/mol. The number of aryl methyl sites for hydroxylation is 2. The molecule has 3 aromatic rings. The molecule has 1 aliphatic heterocycles. The lowest BCUT2D eigenvalue weighted by molar-refractivity contribution is 0.0376. The normalized spacial score (nSPS) is 14.7. The highest BCUT2D eigenvalue weighted by Crippen LogP contribution is 2.37. The molecule has 0 N–H and O–H groups in total. The first-order chi connectivity index (χ1) is 15.1. The minimum atomic E-state index is -0.0126. The molecule has 1 saturated heterocycles. The molecule has 1 amide bonds. The largest absolute Gasteiger partial charge is 0.494 e. The highest BCUT2D eigenvalue weighted by atomic mass is 32.1. The molecule has 0 saturated carbocycles. The maximum absolute atomic E-state index is 13.5. The van der Waals surface area contributed by atoms with E-state index in [2.05, 4.69) is 11.8 Å². The van der Waals surface area contributed by atoms with Crippen molar-refractivity contribution in [1.29, 1.82) is 0 Å². The van der Waals surface area contributed by atoms with Crippen LogP contribution in [0.25, 0.3) is 10.2 Å². The number of carbonyl (C=O) groups excluding carboxylic acids is 1. The molecule has 2 aromatic carbocycles. The van der Waals surface area contributed by atoms with Gasteiger partial charge in [-0.3, -0.25) is 14.6 Å². The number of hydrogen-bond donors (Lipinski definition) is 0. The smallest absolute Gasteiger partial charge is 0.260 e. The Morgan fingerprint density at radius 1 is 1.23 bits per heavy atom. The van der Waals surface area contributed by atoms with E-state index in [0.717, 1.165) is 71.5 Å². The highest BCUT2D eigenvalue weighted by molar-refractivity contribution is 7.22. The van der Waals surface area contributed by atoms with Crippen LogP contribution in [0.1, 0.15) is 27.9 Å². The Hall–Kier alpha value is -2.48. The van der Waals surface area contributed by atoms with Crippen LogP contribution in [-0.4, -0.2) is 62.3 Å². The molecule has 4 rings (SSSR count). The zero-order chi connectivity index (χ0) is 21.8. The van der Waals surface area contributed by atoms with Crippen molar-refractivity contribution in [3.05, 3.63) is 53.1 Å². The number of fused-ring (bicyclic) bond motifs is 1. The molecule has 0 spiro atoms. The lowest BCUT2D eigenvalue weighted by Crippen LogP contribution is -2.39. The first-order valence-corrected chi connectivity index (χ1v) is 11.5. The molecule has 1 fully saturated rings. The van der Waals surface area contributed by atoms with Crippen molar-refractivity contribution in [2.45, 2.75) is 20.3 Å². The van der Waals surface area contributed by atoms with E-state index in [1.165, 1.54) is 0 Å². The third-order valence-electron chi connectivity index (χ3n) is 5.61. The topological polar surface area (TPSA) is 54.9 Å². The van der Waals surface area contributed by atoms with E-state index >= 15 is 0 Å². The fourth-order valence-corrected chi connectivity index (χ4v) is 4.95. The van der Waals surface area contributed by atoms with Crippen LogP contribution in [-0.2, 0) is 4.74 Å². The number of thiazole rings is 1. The van der Waals surface area contributed by atoms with Gasteiger partial charge in [0.2, 0.25) is 0 Å². The van der Waals surface area contributed by atoms with Gasteiger partial charge < -0.3 is 9.47 Å². The summed E-state index contributed by atoms with van der Waals surface area (Å²) >= 11 is 1.56. The summed E-state index contributed by atoms with van der Waals surface area (Å²) in [7, 11) is 1.65. The molecule has 0 bridgehead atoms. The van der Waals surface area contributed by atoms with Gasteiger partial charge in [0, 0.05) is 31.7 Å². The van der Waals surface area contributed by atoms with Crippen LogP contribution in [0.4, 0.5) is 5.13 Å². The number of ether oxygens (including phenoxy) is 2. The summed E-state index contributed by atoms with van der Waals surface area (Å²) in [6.45, 7) is 9.08. The summed E-state index contributed by atoms with van der Waals surface area (Å²) < 4.78 is 12.0. The van der Waals surface area contributed by atoms with Crippen molar-refractivity contribution in [3.63, 3.8) is 0 Å². The van der Waals surface area contributed by atoms with Gasteiger partial charge in [-0.2, -0.15) is 0 Å². The Morgan fingerprint density at radius 3 is 2.77 bits per heavy atom. The number of amides is 1. The number of anilines is 1. The van der Waals surface area contributed by atoms with E-state index < -0.39 is 0 Å². The second kappa shape index (κ2) is 9.77. The van der Waals surface area contributed by atoms with Crippen LogP contribution in [0.3, 0.4) is 0 Å². The zero-order valence-electron chi connectivity index (χ0n) is 18.4. The Kier molecular flexibility index (Phi) is 6.85. The molecule has 0 unspecified atom stereocenters. The number of hydrogen-bond acceptors (Lipinski definition) is 6. The summed E-state index contributed by atoms with van der Waals surface area (Å²) in [6, 6.07) is 11.7. The van der Waals surface area contributed by atoms with Crippen LogP contribution in [0.5, 0.6) is 5.75 Å². The lowest BCUT2D eigenvalue weighted by atomic mass is 10.1. The fourth-order valence-electron chi connectivity index (χ4n) is 3.87. The standard InChI is InChI=1S/C24H29N3O3S/c1-17-6-4-7-19(16-17)23(28)27(11-5-10-26-12-14-30-15-13-26)24-25-21-20(29-3)9-8-18(2)22(21)31-24/h4,6-9,16H,5,10-15H2,1-3H3. The van der Waals surface area contributed by atoms with Crippen molar-refractivity contribution < 1.29 is 14.3 Å². The number of methoxy groups -OCH3 is 1. The van der Waals surface area contributed by atoms with E-state index in [1.54, 1.807) is 18.4 Å². The summed E-state index contributed by atoms with van der Waals surface area (Å²) in [5, 5.41) is 0.719. The zero-order valence-corrected chi connectivity index (χ0v) is 19.2. The average Bonchev–Trinajstić information content (AvgIpc) is 3.23. The van der Waals surface area contributed by atoms with Crippen molar-refractivity contribution in [2.24, 2.45) is 0 Å². The van der Waals surface area contributed by atoms with Gasteiger partial charge in [-0.25, -0.2) is 4.98 Å². The number of nitrogens with zero attached hydrogens (tertiary/aromatic N) is 3. The van der Waals surface area contributed by atoms with E-state index in [4.69, 9.17) is 14.5 Å². The Balaban J connectivity index is 1.63. The number of rotatable bonds is 7. The van der Waals surface area contributed by atoms with Crippen LogP contribution < -0.4 is 9.64 Å². The Labute approximate surface area is 187 Å². The molecule has 6 nitrogen and oxygen atoms in total. The second-order valence-electron chi connectivity index (χ2n) is 7.89. The molecule has 0 radical (unpaired) electrons. The van der Waals surface area contributed by atoms with Crippen LogP contribution in [0.15, 0.2) is 36.4 Å². The monoisotopic (exact) mass is 439 g/mol. The molecule has 0 aliphatic carbocycles. The van der Waals surface area contributed by atoms with Gasteiger partial charge in [0.1, 0.15) is 11.3 Å². The third kappa shape index (κ3) is 4.89. The minimum absolute atomic E-state index is 0.0126. The van der Waals surface area contributed by atoms with Gasteiger partial charge in [0.05, 0.1) is 25.0 Å². The second-order valence-corrected chi connectivity index (χ2v) is 8.87. The summed E-state index contributed by atoms with van der Waals surface area (Å²) in [6.07, 6.45) is 0.879. The molecule has 31 heavy (non-hydrogen) atoms. The predicted molar refractivity (Wildman–Crippen MR) is 126 cm³/mol. The van der Waals surface area contributed by atoms with Gasteiger partial charge in [0.25, 0.3) is 5.91 Å². The van der Waals surface area contributed by atoms with E-state index in [-0.39, 0.29) is 5.91 Å². The summed E-state index contributed by atoms with van der Waals surface area (Å²) in [4.78, 5) is 22.6. The van der Waals surface area contributed by atoms with Crippen LogP contribution in [0.2, 0.25) is 0 Å². The predicted octanol–water partition coefficient (Wildman–Crippen LogP) is 4.29. The molecule has 0 atom stereocenters. The van der Waals surface area contributed by atoms with E-state index in [0.29, 0.717) is 12.1 Å². The number of aromatic nitrogens is 1. The van der Waals surface area contributed by atoms with Gasteiger partial charge in [0.15, 0.2) is 5.13 Å². The van der Waals surface area contributed by atoms with Gasteiger partial charge >= 0.3 is 0 Å². The molecule has 164 valence electrons. The van der Waals surface area contributed by atoms with E-state index in [9.17, 15) is 4.79 Å². The molecular formula is C24H29N3O3S. The number of carbonyl (C=O) groups is 1. The number of morpholine rings is 1. The number of benzene rings is 2. The van der Waals surface area contributed by atoms with Crippen molar-refractivity contribution in [2.75, 3.05) is 51.4 Å². The first-order valence-electron chi connectivity index (χ1n) is 10.7. The fraction of sp³-hybridized carbons (Fsp3) is 0.417. The van der Waals surface area contributed by atoms with Crippen molar-refractivity contribution in [3.8, 4) is 5.75 Å². The SMILES string of the molecule is COc1ccc(C)c2sc(N(CCCN3CCOCC3)C(=O)c3cccc(C)c3)nc12. The van der Waals surface area contributed by atoms with Gasteiger partial charge in [-0.15, -0.1) is 0 Å². The van der Waals surface area contributed by atoms with Gasteiger partial charge in [-0.1, -0.05) is 35.1 Å². The van der Waals surface area contributed by atoms with Crippen LogP contribution >= 0.6 is 11.3 Å². The Morgan fingerprint density at radius 2 is 2.03 bits per heavy atom. The van der Waals surface area contributed by atoms with E-state index in [1.807, 2.05) is 48.2 Å². The molecule has 1 aromatic heterocycles. The molecule has 1 aliphatic rings. The first kappa shape index (κ1) is 21.7. The van der Waals surface area contributed by atoms with Gasteiger partial charge in [-0.05, 0) is 44.0 Å². The lowest BCUT2D eigenvalue weighted by Gasteiger charge is -2.27. The summed E-state index contributed by atoms with van der Waals surface area (Å²) in [5.41, 5.74) is 3.71. The highest BCUT2D eigenvalue weighted by Gasteiger charge is 2.23. The van der Waals surface area contributed by atoms with Crippen molar-refractivity contribution in [1.82, 2.24) is 9.88 Å².